The summed E-state index contributed by atoms with van der Waals surface area (Å²) in [4.78, 5) is 17.7. The highest BCUT2D eigenvalue weighted by atomic mass is 19.1. The number of phenolic OH excluding ortho intramolecular Hbond substituents is 1. The Kier molecular flexibility index (Phi) is 4.52. The lowest BCUT2D eigenvalue weighted by molar-refractivity contribution is 0.0694. The highest BCUT2D eigenvalue weighted by Crippen LogP contribution is 2.24. The minimum Gasteiger partial charge on any atom is -0.508 e. The fourth-order valence-corrected chi connectivity index (χ4v) is 2.23. The number of aromatic hydroxyl groups is 1. The average molecular weight is 288 g/mol. The van der Waals surface area contributed by atoms with Crippen LogP contribution in [0.25, 0.3) is 0 Å². The van der Waals surface area contributed by atoms with E-state index in [1.807, 2.05) is 19.9 Å². The SMILES string of the molecule is CCN(C(=O)c1cccc(F)n1)C(C)c1cccc(O)c1. The van der Waals surface area contributed by atoms with Crippen LogP contribution in [-0.4, -0.2) is 27.4 Å². The molecule has 1 amide bonds. The maximum absolute atomic E-state index is 13.2. The van der Waals surface area contributed by atoms with Crippen molar-refractivity contribution in [3.8, 4) is 5.75 Å². The van der Waals surface area contributed by atoms with Crippen molar-refractivity contribution in [2.75, 3.05) is 6.54 Å². The molecule has 0 radical (unpaired) electrons. The summed E-state index contributed by atoms with van der Waals surface area (Å²) >= 11 is 0. The monoisotopic (exact) mass is 288 g/mol. The van der Waals surface area contributed by atoms with E-state index in [-0.39, 0.29) is 23.4 Å². The van der Waals surface area contributed by atoms with Gasteiger partial charge in [-0.05, 0) is 43.7 Å². The molecule has 110 valence electrons. The molecule has 2 aromatic rings. The van der Waals surface area contributed by atoms with Crippen molar-refractivity contribution in [1.82, 2.24) is 9.88 Å². The lowest BCUT2D eigenvalue weighted by Gasteiger charge is -2.28. The number of pyridine rings is 1. The molecule has 1 aromatic carbocycles. The van der Waals surface area contributed by atoms with Crippen molar-refractivity contribution in [1.29, 1.82) is 0 Å². The zero-order valence-electron chi connectivity index (χ0n) is 12.0. The predicted octanol–water partition coefficient (Wildman–Crippen LogP) is 3.15. The summed E-state index contributed by atoms with van der Waals surface area (Å²) in [6.07, 6.45) is 0. The van der Waals surface area contributed by atoms with Crippen molar-refractivity contribution in [2.24, 2.45) is 0 Å². The van der Waals surface area contributed by atoms with Crippen LogP contribution in [0.5, 0.6) is 5.75 Å². The van der Waals surface area contributed by atoms with E-state index in [2.05, 4.69) is 4.98 Å². The van der Waals surface area contributed by atoms with Gasteiger partial charge >= 0.3 is 0 Å². The third-order valence-corrected chi connectivity index (χ3v) is 3.36. The zero-order chi connectivity index (χ0) is 15.4. The summed E-state index contributed by atoms with van der Waals surface area (Å²) in [5.41, 5.74) is 0.880. The van der Waals surface area contributed by atoms with E-state index in [9.17, 15) is 14.3 Å². The second kappa shape index (κ2) is 6.35. The molecule has 0 saturated carbocycles. The molecule has 1 unspecified atom stereocenters. The Bertz CT molecular complexity index is 646. The Hall–Kier alpha value is -2.43. The van der Waals surface area contributed by atoms with Gasteiger partial charge in [-0.3, -0.25) is 4.79 Å². The Labute approximate surface area is 122 Å². The molecule has 5 heteroatoms. The smallest absolute Gasteiger partial charge is 0.273 e. The normalized spacial score (nSPS) is 12.0. The molecule has 0 saturated heterocycles. The van der Waals surface area contributed by atoms with E-state index in [4.69, 9.17) is 0 Å². The molecule has 21 heavy (non-hydrogen) atoms. The van der Waals surface area contributed by atoms with Crippen molar-refractivity contribution >= 4 is 5.91 Å². The van der Waals surface area contributed by atoms with Crippen LogP contribution in [0.1, 0.15) is 35.9 Å². The first kappa shape index (κ1) is 15.0. The van der Waals surface area contributed by atoms with Crippen molar-refractivity contribution < 1.29 is 14.3 Å². The molecule has 0 aliphatic heterocycles. The summed E-state index contributed by atoms with van der Waals surface area (Å²) in [5.74, 6) is -0.874. The van der Waals surface area contributed by atoms with Crippen LogP contribution >= 0.6 is 0 Å². The number of halogens is 1. The summed E-state index contributed by atoms with van der Waals surface area (Å²) in [7, 11) is 0. The van der Waals surface area contributed by atoms with Gasteiger partial charge in [0.25, 0.3) is 5.91 Å². The summed E-state index contributed by atoms with van der Waals surface area (Å²) in [6, 6.07) is 10.6. The lowest BCUT2D eigenvalue weighted by Crippen LogP contribution is -2.34. The number of aromatic nitrogens is 1. The van der Waals surface area contributed by atoms with Gasteiger partial charge in [-0.2, -0.15) is 4.39 Å². The quantitative estimate of drug-likeness (QED) is 0.879. The van der Waals surface area contributed by atoms with Gasteiger partial charge in [0.1, 0.15) is 11.4 Å². The van der Waals surface area contributed by atoms with E-state index in [0.29, 0.717) is 6.54 Å². The van der Waals surface area contributed by atoms with Gasteiger partial charge in [-0.1, -0.05) is 18.2 Å². The van der Waals surface area contributed by atoms with E-state index < -0.39 is 5.95 Å². The number of carbonyl (C=O) groups is 1. The molecule has 1 N–H and O–H groups in total. The number of benzene rings is 1. The first-order chi connectivity index (χ1) is 10.0. The molecular weight excluding hydrogens is 271 g/mol. The van der Waals surface area contributed by atoms with Gasteiger partial charge in [0, 0.05) is 6.54 Å². The number of hydrogen-bond acceptors (Lipinski definition) is 3. The topological polar surface area (TPSA) is 53.4 Å². The van der Waals surface area contributed by atoms with Gasteiger partial charge in [-0.15, -0.1) is 0 Å². The third kappa shape index (κ3) is 3.37. The average Bonchev–Trinajstić information content (AvgIpc) is 2.47. The van der Waals surface area contributed by atoms with Gasteiger partial charge < -0.3 is 10.0 Å². The maximum Gasteiger partial charge on any atom is 0.273 e. The number of carbonyl (C=O) groups excluding carboxylic acids is 1. The molecule has 0 aliphatic carbocycles. The molecule has 2 rings (SSSR count). The van der Waals surface area contributed by atoms with E-state index >= 15 is 0 Å². The fraction of sp³-hybridized carbons (Fsp3) is 0.250. The highest BCUT2D eigenvalue weighted by Gasteiger charge is 2.22. The number of hydrogen-bond donors (Lipinski definition) is 1. The van der Waals surface area contributed by atoms with Crippen LogP contribution in [0.4, 0.5) is 4.39 Å². The van der Waals surface area contributed by atoms with Gasteiger partial charge in [0.2, 0.25) is 5.95 Å². The van der Waals surface area contributed by atoms with Crippen LogP contribution in [0, 0.1) is 5.95 Å². The molecule has 0 bridgehead atoms. The third-order valence-electron chi connectivity index (χ3n) is 3.36. The van der Waals surface area contributed by atoms with E-state index in [0.717, 1.165) is 5.56 Å². The van der Waals surface area contributed by atoms with Crippen molar-refractivity contribution in [3.05, 3.63) is 59.7 Å². The maximum atomic E-state index is 13.2. The first-order valence-corrected chi connectivity index (χ1v) is 6.75. The lowest BCUT2D eigenvalue weighted by atomic mass is 10.1. The van der Waals surface area contributed by atoms with Crippen LogP contribution in [0.2, 0.25) is 0 Å². The number of phenols is 1. The molecule has 1 atom stereocenters. The highest BCUT2D eigenvalue weighted by molar-refractivity contribution is 5.92. The second-order valence-corrected chi connectivity index (χ2v) is 4.71. The molecular formula is C16H17FN2O2. The van der Waals surface area contributed by atoms with E-state index in [1.54, 1.807) is 23.1 Å². The van der Waals surface area contributed by atoms with Gasteiger partial charge in [-0.25, -0.2) is 4.98 Å². The number of nitrogens with zero attached hydrogens (tertiary/aromatic N) is 2. The summed E-state index contributed by atoms with van der Waals surface area (Å²) in [5, 5.41) is 9.54. The molecule has 0 aliphatic rings. The second-order valence-electron chi connectivity index (χ2n) is 4.71. The zero-order valence-corrected chi connectivity index (χ0v) is 12.0. The number of amides is 1. The van der Waals surface area contributed by atoms with E-state index in [1.165, 1.54) is 18.2 Å². The van der Waals surface area contributed by atoms with Crippen LogP contribution in [0.3, 0.4) is 0 Å². The Morgan fingerprint density at radius 1 is 1.33 bits per heavy atom. The number of rotatable bonds is 4. The Morgan fingerprint density at radius 3 is 2.67 bits per heavy atom. The fourth-order valence-electron chi connectivity index (χ4n) is 2.23. The van der Waals surface area contributed by atoms with Crippen LogP contribution < -0.4 is 0 Å². The van der Waals surface area contributed by atoms with Crippen LogP contribution in [-0.2, 0) is 0 Å². The predicted molar refractivity (Wildman–Crippen MR) is 77.4 cm³/mol. The summed E-state index contributed by atoms with van der Waals surface area (Å²) < 4.78 is 13.2. The molecule has 4 nitrogen and oxygen atoms in total. The molecule has 0 spiro atoms. The molecule has 0 fully saturated rings. The first-order valence-electron chi connectivity index (χ1n) is 6.75. The Balaban J connectivity index is 2.28. The van der Waals surface area contributed by atoms with Gasteiger partial charge in [0.05, 0.1) is 6.04 Å². The molecule has 1 heterocycles. The molecule has 1 aromatic heterocycles. The summed E-state index contributed by atoms with van der Waals surface area (Å²) in [6.45, 7) is 4.15. The minimum absolute atomic E-state index is 0.0730. The Morgan fingerprint density at radius 2 is 2.05 bits per heavy atom. The van der Waals surface area contributed by atoms with Crippen LogP contribution in [0.15, 0.2) is 42.5 Å². The minimum atomic E-state index is -0.679. The van der Waals surface area contributed by atoms with Crippen molar-refractivity contribution in [3.63, 3.8) is 0 Å². The largest absolute Gasteiger partial charge is 0.508 e. The standard InChI is InChI=1S/C16H17FN2O2/c1-3-19(11(2)12-6-4-7-13(20)10-12)16(21)14-8-5-9-15(17)18-14/h4-11,20H,3H2,1-2H3. The van der Waals surface area contributed by atoms with Crippen molar-refractivity contribution in [2.45, 2.75) is 19.9 Å². The van der Waals surface area contributed by atoms with Gasteiger partial charge in [0.15, 0.2) is 0 Å².